The summed E-state index contributed by atoms with van der Waals surface area (Å²) >= 11 is 0. The van der Waals surface area contributed by atoms with Crippen LogP contribution in [-0.4, -0.2) is 24.0 Å². The van der Waals surface area contributed by atoms with Crippen LogP contribution in [-0.2, 0) is 6.54 Å². The summed E-state index contributed by atoms with van der Waals surface area (Å²) in [6.45, 7) is 7.41. The summed E-state index contributed by atoms with van der Waals surface area (Å²) in [6, 6.07) is 7.37. The highest BCUT2D eigenvalue weighted by atomic mass is 35.5. The Morgan fingerprint density at radius 1 is 1.29 bits per heavy atom. The molecule has 2 nitrogen and oxygen atoms in total. The smallest absolute Gasteiger partial charge is 0.0237 e. The lowest BCUT2D eigenvalue weighted by Gasteiger charge is -2.23. The zero-order chi connectivity index (χ0) is 11.5. The molecule has 0 aromatic heterocycles. The third-order valence-electron chi connectivity index (χ3n) is 3.73. The first-order valence-electron chi connectivity index (χ1n) is 6.21. The molecule has 3 heteroatoms. The predicted molar refractivity (Wildman–Crippen MR) is 75.7 cm³/mol. The standard InChI is InChI=1S/C14H22N2.ClH/c1-11-5-6-13(8-12(11)2)10-16-7-3-4-14(16)9-15;/h5-6,8,14H,3-4,7,9-10,15H2,1-2H3;1H. The Balaban J connectivity index is 0.00000144. The Hall–Kier alpha value is -0.570. The van der Waals surface area contributed by atoms with Crippen LogP contribution in [0.1, 0.15) is 29.5 Å². The van der Waals surface area contributed by atoms with E-state index >= 15 is 0 Å². The summed E-state index contributed by atoms with van der Waals surface area (Å²) in [5, 5.41) is 0. The van der Waals surface area contributed by atoms with Gasteiger partial charge in [-0.2, -0.15) is 0 Å². The van der Waals surface area contributed by atoms with E-state index in [1.165, 1.54) is 36.1 Å². The Morgan fingerprint density at radius 2 is 2.06 bits per heavy atom. The van der Waals surface area contributed by atoms with Crippen molar-refractivity contribution >= 4 is 12.4 Å². The molecule has 1 unspecified atom stereocenters. The van der Waals surface area contributed by atoms with Crippen LogP contribution in [0.4, 0.5) is 0 Å². The van der Waals surface area contributed by atoms with Crippen molar-refractivity contribution in [1.29, 1.82) is 0 Å². The van der Waals surface area contributed by atoms with Crippen molar-refractivity contribution in [2.24, 2.45) is 5.73 Å². The summed E-state index contributed by atoms with van der Waals surface area (Å²) in [6.07, 6.45) is 2.56. The maximum Gasteiger partial charge on any atom is 0.0237 e. The van der Waals surface area contributed by atoms with Gasteiger partial charge >= 0.3 is 0 Å². The molecule has 1 fully saturated rings. The van der Waals surface area contributed by atoms with E-state index in [4.69, 9.17) is 5.73 Å². The third-order valence-corrected chi connectivity index (χ3v) is 3.73. The molecule has 0 bridgehead atoms. The second-order valence-corrected chi connectivity index (χ2v) is 4.92. The molecule has 2 rings (SSSR count). The fourth-order valence-corrected chi connectivity index (χ4v) is 2.51. The van der Waals surface area contributed by atoms with E-state index in [0.29, 0.717) is 6.04 Å². The van der Waals surface area contributed by atoms with E-state index in [1.54, 1.807) is 0 Å². The Labute approximate surface area is 111 Å². The fraction of sp³-hybridized carbons (Fsp3) is 0.571. The predicted octanol–water partition coefficient (Wildman–Crippen LogP) is 2.65. The maximum absolute atomic E-state index is 5.79. The number of benzene rings is 1. The lowest BCUT2D eigenvalue weighted by molar-refractivity contribution is 0.250. The zero-order valence-corrected chi connectivity index (χ0v) is 11.6. The molecular formula is C14H23ClN2. The molecule has 1 aliphatic heterocycles. The number of hydrogen-bond donors (Lipinski definition) is 1. The van der Waals surface area contributed by atoms with Gasteiger partial charge in [0.15, 0.2) is 0 Å². The molecule has 0 spiro atoms. The van der Waals surface area contributed by atoms with E-state index in [0.717, 1.165) is 13.1 Å². The first-order valence-corrected chi connectivity index (χ1v) is 6.21. The van der Waals surface area contributed by atoms with Crippen LogP contribution in [0.2, 0.25) is 0 Å². The van der Waals surface area contributed by atoms with E-state index in [9.17, 15) is 0 Å². The average molecular weight is 255 g/mol. The summed E-state index contributed by atoms with van der Waals surface area (Å²) in [7, 11) is 0. The molecule has 96 valence electrons. The first kappa shape index (κ1) is 14.5. The van der Waals surface area contributed by atoms with Gasteiger partial charge in [-0.25, -0.2) is 0 Å². The number of nitrogens with zero attached hydrogens (tertiary/aromatic N) is 1. The molecule has 0 saturated carbocycles. The molecule has 1 atom stereocenters. The maximum atomic E-state index is 5.79. The highest BCUT2D eigenvalue weighted by Gasteiger charge is 2.22. The van der Waals surface area contributed by atoms with Crippen molar-refractivity contribution < 1.29 is 0 Å². The highest BCUT2D eigenvalue weighted by Crippen LogP contribution is 2.20. The van der Waals surface area contributed by atoms with Gasteiger partial charge in [0.1, 0.15) is 0 Å². The van der Waals surface area contributed by atoms with Crippen molar-refractivity contribution in [2.45, 2.75) is 39.3 Å². The number of nitrogens with two attached hydrogens (primary N) is 1. The Morgan fingerprint density at radius 3 is 2.71 bits per heavy atom. The Bertz CT molecular complexity index is 365. The second-order valence-electron chi connectivity index (χ2n) is 4.92. The van der Waals surface area contributed by atoms with E-state index < -0.39 is 0 Å². The third kappa shape index (κ3) is 3.44. The van der Waals surface area contributed by atoms with E-state index in [-0.39, 0.29) is 12.4 Å². The normalized spacial score (nSPS) is 20.3. The lowest BCUT2D eigenvalue weighted by Crippen LogP contribution is -2.34. The summed E-state index contributed by atoms with van der Waals surface area (Å²) < 4.78 is 0. The fourth-order valence-electron chi connectivity index (χ4n) is 2.51. The van der Waals surface area contributed by atoms with Gasteiger partial charge in [0, 0.05) is 19.1 Å². The van der Waals surface area contributed by atoms with Crippen molar-refractivity contribution in [3.05, 3.63) is 34.9 Å². The van der Waals surface area contributed by atoms with Crippen LogP contribution < -0.4 is 5.73 Å². The van der Waals surface area contributed by atoms with Gasteiger partial charge in [-0.3, -0.25) is 4.90 Å². The molecule has 1 aromatic carbocycles. The molecule has 0 radical (unpaired) electrons. The first-order chi connectivity index (χ1) is 7.70. The van der Waals surface area contributed by atoms with E-state index in [2.05, 4.69) is 36.9 Å². The second kappa shape index (κ2) is 6.39. The molecule has 0 aliphatic carbocycles. The molecule has 0 amide bonds. The SMILES string of the molecule is Cc1ccc(CN2CCCC2CN)cc1C.Cl. The molecule has 1 aliphatic rings. The average Bonchev–Trinajstić information content (AvgIpc) is 2.71. The number of aryl methyl sites for hydroxylation is 2. The van der Waals surface area contributed by atoms with Gasteiger partial charge in [-0.15, -0.1) is 12.4 Å². The van der Waals surface area contributed by atoms with Gasteiger partial charge in [0.2, 0.25) is 0 Å². The Kier molecular flexibility index (Phi) is 5.44. The van der Waals surface area contributed by atoms with Crippen LogP contribution in [0.3, 0.4) is 0 Å². The monoisotopic (exact) mass is 254 g/mol. The minimum absolute atomic E-state index is 0. The lowest BCUT2D eigenvalue weighted by atomic mass is 10.1. The van der Waals surface area contributed by atoms with Crippen molar-refractivity contribution in [3.63, 3.8) is 0 Å². The summed E-state index contributed by atoms with van der Waals surface area (Å²) in [4.78, 5) is 2.52. The summed E-state index contributed by atoms with van der Waals surface area (Å²) in [5.74, 6) is 0. The molecule has 17 heavy (non-hydrogen) atoms. The topological polar surface area (TPSA) is 29.3 Å². The molecule has 1 heterocycles. The van der Waals surface area contributed by atoms with Crippen molar-refractivity contribution in [1.82, 2.24) is 4.90 Å². The quantitative estimate of drug-likeness (QED) is 0.899. The van der Waals surface area contributed by atoms with Gasteiger partial charge in [-0.05, 0) is 49.9 Å². The number of rotatable bonds is 3. The van der Waals surface area contributed by atoms with Gasteiger partial charge in [-0.1, -0.05) is 18.2 Å². The van der Waals surface area contributed by atoms with Crippen LogP contribution in [0, 0.1) is 13.8 Å². The van der Waals surface area contributed by atoms with Crippen molar-refractivity contribution in [2.75, 3.05) is 13.1 Å². The number of hydrogen-bond acceptors (Lipinski definition) is 2. The number of likely N-dealkylation sites (tertiary alicyclic amines) is 1. The minimum Gasteiger partial charge on any atom is -0.329 e. The van der Waals surface area contributed by atoms with Crippen LogP contribution in [0.15, 0.2) is 18.2 Å². The van der Waals surface area contributed by atoms with E-state index in [1.807, 2.05) is 0 Å². The number of halogens is 1. The minimum atomic E-state index is 0. The zero-order valence-electron chi connectivity index (χ0n) is 10.8. The largest absolute Gasteiger partial charge is 0.329 e. The van der Waals surface area contributed by atoms with Gasteiger partial charge in [0.25, 0.3) is 0 Å². The highest BCUT2D eigenvalue weighted by molar-refractivity contribution is 5.85. The molecule has 1 aromatic rings. The molecule has 1 saturated heterocycles. The summed E-state index contributed by atoms with van der Waals surface area (Å²) in [5.41, 5.74) is 9.98. The van der Waals surface area contributed by atoms with Gasteiger partial charge < -0.3 is 5.73 Å². The molecular weight excluding hydrogens is 232 g/mol. The van der Waals surface area contributed by atoms with Crippen molar-refractivity contribution in [3.8, 4) is 0 Å². The van der Waals surface area contributed by atoms with Crippen LogP contribution >= 0.6 is 12.4 Å². The molecule has 2 N–H and O–H groups in total. The van der Waals surface area contributed by atoms with Crippen LogP contribution in [0.25, 0.3) is 0 Å². The van der Waals surface area contributed by atoms with Crippen LogP contribution in [0.5, 0.6) is 0 Å². The van der Waals surface area contributed by atoms with Gasteiger partial charge in [0.05, 0.1) is 0 Å².